The maximum Gasteiger partial charge on any atom is 0.0723 e. The molecule has 6 aromatic rings. The molecule has 1 aliphatic rings. The van der Waals surface area contributed by atoms with Gasteiger partial charge in [0.15, 0.2) is 0 Å². The second-order valence-corrected chi connectivity index (χ2v) is 8.89. The summed E-state index contributed by atoms with van der Waals surface area (Å²) in [7, 11) is 0. The van der Waals surface area contributed by atoms with Gasteiger partial charge in [0, 0.05) is 34.7 Å². The molecule has 0 spiro atoms. The third kappa shape index (κ3) is 2.48. The van der Waals surface area contributed by atoms with Gasteiger partial charge in [-0.3, -0.25) is 4.98 Å². The molecule has 150 valence electrons. The third-order valence-corrected chi connectivity index (χ3v) is 7.14. The van der Waals surface area contributed by atoms with Crippen molar-refractivity contribution < 1.29 is 1.37 Å². The van der Waals surface area contributed by atoms with Gasteiger partial charge in [-0.2, -0.15) is 0 Å². The Balaban J connectivity index is 1.54. The minimum absolute atomic E-state index is 0.440. The molecule has 7 rings (SSSR count). The Kier molecular flexibility index (Phi) is 3.45. The summed E-state index contributed by atoms with van der Waals surface area (Å²) in [4.78, 5) is 4.80. The quantitative estimate of drug-likeness (QED) is 0.288. The Morgan fingerprint density at radius 1 is 0.742 bits per heavy atom. The van der Waals surface area contributed by atoms with Gasteiger partial charge in [0.1, 0.15) is 0 Å². The van der Waals surface area contributed by atoms with Gasteiger partial charge in [0.2, 0.25) is 0 Å². The maximum absolute atomic E-state index is 9.13. The highest BCUT2D eigenvalue weighted by Crippen LogP contribution is 2.41. The van der Waals surface area contributed by atoms with E-state index < -0.39 is 5.89 Å². The molecular weight excluding hydrogens is 376 g/mol. The van der Waals surface area contributed by atoms with Gasteiger partial charge >= 0.3 is 0 Å². The number of benzene rings is 3. The van der Waals surface area contributed by atoms with Gasteiger partial charge in [-0.15, -0.1) is 0 Å². The number of hydrogen-bond acceptors (Lipinski definition) is 1. The van der Waals surface area contributed by atoms with Crippen LogP contribution < -0.4 is 0 Å². The Morgan fingerprint density at radius 2 is 1.55 bits per heavy atom. The van der Waals surface area contributed by atoms with E-state index in [0.717, 1.165) is 36.9 Å². The molecule has 0 N–H and O–H groups in total. The first-order valence-electron chi connectivity index (χ1n) is 11.9. The number of para-hydroxylation sites is 1. The second-order valence-electron chi connectivity index (χ2n) is 8.89. The van der Waals surface area contributed by atoms with E-state index in [9.17, 15) is 0 Å². The summed E-state index contributed by atoms with van der Waals surface area (Å²) in [6.07, 6.45) is 7.56. The molecule has 0 unspecified atom stereocenters. The molecule has 2 heteroatoms. The highest BCUT2D eigenvalue weighted by atomic mass is 14.9. The topological polar surface area (TPSA) is 17.3 Å². The lowest BCUT2D eigenvalue weighted by molar-refractivity contribution is 0.444. The third-order valence-electron chi connectivity index (χ3n) is 7.14. The number of aromatic nitrogens is 2. The van der Waals surface area contributed by atoms with Crippen molar-refractivity contribution in [1.29, 1.82) is 0 Å². The van der Waals surface area contributed by atoms with Crippen LogP contribution in [-0.4, -0.2) is 9.38 Å². The minimum atomic E-state index is -0.440. The average molecular weight is 402 g/mol. The highest BCUT2D eigenvalue weighted by molar-refractivity contribution is 6.23. The Labute approximate surface area is 182 Å². The number of nitrogens with zero attached hydrogens (tertiary/aromatic N) is 2. The van der Waals surface area contributed by atoms with Crippen molar-refractivity contribution in [2.45, 2.75) is 38.0 Å². The van der Waals surface area contributed by atoms with Crippen molar-refractivity contribution in [1.82, 2.24) is 9.38 Å². The van der Waals surface area contributed by atoms with E-state index >= 15 is 0 Å². The van der Waals surface area contributed by atoms with Crippen LogP contribution in [0.1, 0.15) is 44.9 Å². The first kappa shape index (κ1) is 16.3. The molecular formula is C29H24N2. The van der Waals surface area contributed by atoms with E-state index in [1.807, 2.05) is 12.3 Å². The van der Waals surface area contributed by atoms with Gasteiger partial charge in [0.05, 0.1) is 22.2 Å². The van der Waals surface area contributed by atoms with Gasteiger partial charge in [-0.1, -0.05) is 73.9 Å². The highest BCUT2D eigenvalue weighted by Gasteiger charge is 2.20. The van der Waals surface area contributed by atoms with Crippen LogP contribution in [0.5, 0.6) is 0 Å². The summed E-state index contributed by atoms with van der Waals surface area (Å²) < 4.78 is 11.5. The molecule has 0 amide bonds. The van der Waals surface area contributed by atoms with Gasteiger partial charge in [0.25, 0.3) is 0 Å². The summed E-state index contributed by atoms with van der Waals surface area (Å²) >= 11 is 0. The van der Waals surface area contributed by atoms with Crippen LogP contribution in [0, 0.1) is 0 Å². The van der Waals surface area contributed by atoms with Crippen molar-refractivity contribution in [2.75, 3.05) is 0 Å². The molecule has 31 heavy (non-hydrogen) atoms. The maximum atomic E-state index is 9.13. The largest absolute Gasteiger partial charge is 0.308 e. The van der Waals surface area contributed by atoms with E-state index in [1.54, 1.807) is 0 Å². The second kappa shape index (κ2) is 6.55. The van der Waals surface area contributed by atoms with E-state index in [4.69, 9.17) is 6.35 Å². The zero-order chi connectivity index (χ0) is 21.3. The Bertz CT molecular complexity index is 1610. The normalized spacial score (nSPS) is 17.1. The molecule has 3 heterocycles. The average Bonchev–Trinajstić information content (AvgIpc) is 3.36. The fraction of sp³-hybridized carbons (Fsp3) is 0.207. The monoisotopic (exact) mass is 401 g/mol. The first-order valence-corrected chi connectivity index (χ1v) is 11.4. The van der Waals surface area contributed by atoms with E-state index in [0.29, 0.717) is 0 Å². The summed E-state index contributed by atoms with van der Waals surface area (Å²) in [6, 6.07) is 26.0. The fourth-order valence-electron chi connectivity index (χ4n) is 5.63. The fourth-order valence-corrected chi connectivity index (χ4v) is 5.63. The molecule has 0 saturated heterocycles. The van der Waals surface area contributed by atoms with Crippen LogP contribution in [0.4, 0.5) is 0 Å². The number of pyridine rings is 1. The SMILES string of the molecule is [2H]C1(c2ccc3c(c2)c2cccc4c5cnc(-c6ccccc6)cc5n3c24)CCCCC1. The predicted octanol–water partition coefficient (Wildman–Crippen LogP) is 7.95. The first-order chi connectivity index (χ1) is 15.7. The summed E-state index contributed by atoms with van der Waals surface area (Å²) in [5.74, 6) is -0.440. The van der Waals surface area contributed by atoms with Crippen LogP contribution in [0.2, 0.25) is 0 Å². The van der Waals surface area contributed by atoms with Gasteiger partial charge in [-0.25, -0.2) is 0 Å². The molecule has 1 fully saturated rings. The van der Waals surface area contributed by atoms with Crippen LogP contribution in [0.15, 0.2) is 79.0 Å². The molecule has 0 bridgehead atoms. The molecule has 3 aromatic carbocycles. The molecule has 0 atom stereocenters. The number of hydrogen-bond donors (Lipinski definition) is 0. The van der Waals surface area contributed by atoms with Crippen LogP contribution in [-0.2, 0) is 0 Å². The number of fused-ring (bicyclic) bond motifs is 6. The van der Waals surface area contributed by atoms with Crippen LogP contribution >= 0.6 is 0 Å². The summed E-state index contributed by atoms with van der Waals surface area (Å²) in [6.45, 7) is 0. The lowest BCUT2D eigenvalue weighted by Gasteiger charge is -2.22. The molecule has 1 saturated carbocycles. The Morgan fingerprint density at radius 3 is 2.39 bits per heavy atom. The molecule has 0 aliphatic heterocycles. The van der Waals surface area contributed by atoms with Crippen molar-refractivity contribution in [3.8, 4) is 11.3 Å². The predicted molar refractivity (Wildman–Crippen MR) is 130 cm³/mol. The van der Waals surface area contributed by atoms with E-state index in [1.165, 1.54) is 50.1 Å². The molecule has 1 aliphatic carbocycles. The van der Waals surface area contributed by atoms with Crippen molar-refractivity contribution in [3.63, 3.8) is 0 Å². The smallest absolute Gasteiger partial charge is 0.0723 e. The van der Waals surface area contributed by atoms with Gasteiger partial charge in [-0.05, 0) is 42.5 Å². The van der Waals surface area contributed by atoms with Crippen molar-refractivity contribution in [2.24, 2.45) is 0 Å². The zero-order valence-corrected chi connectivity index (χ0v) is 17.4. The summed E-state index contributed by atoms with van der Waals surface area (Å²) in [5.41, 5.74) is 7.00. The lowest BCUT2D eigenvalue weighted by Crippen LogP contribution is -2.04. The van der Waals surface area contributed by atoms with Crippen LogP contribution in [0.25, 0.3) is 49.4 Å². The zero-order valence-electron chi connectivity index (χ0n) is 18.4. The summed E-state index contributed by atoms with van der Waals surface area (Å²) in [5, 5.41) is 4.98. The Hall–Kier alpha value is -3.39. The van der Waals surface area contributed by atoms with Crippen molar-refractivity contribution in [3.05, 3.63) is 84.6 Å². The number of rotatable bonds is 2. The van der Waals surface area contributed by atoms with Gasteiger partial charge < -0.3 is 4.40 Å². The molecule has 0 radical (unpaired) electrons. The minimum Gasteiger partial charge on any atom is -0.308 e. The standard InChI is InChI=1S/C29H24N2/c1-3-8-19(9-4-1)21-14-15-27-24(16-21)22-12-7-13-23-25-18-30-26(20-10-5-2-6-11-20)17-28(25)31(27)29(22)23/h2,5-7,10-19H,1,3-4,8-9H2/i19D. The van der Waals surface area contributed by atoms with Crippen LogP contribution in [0.3, 0.4) is 0 Å². The lowest BCUT2D eigenvalue weighted by atomic mass is 9.84. The molecule has 3 aromatic heterocycles. The molecule has 2 nitrogen and oxygen atoms in total. The van der Waals surface area contributed by atoms with Crippen molar-refractivity contribution >= 4 is 38.1 Å². The van der Waals surface area contributed by atoms with E-state index in [2.05, 4.69) is 71.1 Å². The van der Waals surface area contributed by atoms with E-state index in [-0.39, 0.29) is 0 Å².